The Balaban J connectivity index is 1.89. The average Bonchev–Trinajstić information content (AvgIpc) is 2.88. The fourth-order valence-corrected chi connectivity index (χ4v) is 3.07. The summed E-state index contributed by atoms with van der Waals surface area (Å²) in [6.07, 6.45) is 3.25. The lowest BCUT2D eigenvalue weighted by atomic mass is 9.76. The summed E-state index contributed by atoms with van der Waals surface area (Å²) in [6.45, 7) is 4.60. The second kappa shape index (κ2) is 5.72. The smallest absolute Gasteiger partial charge is 0.321 e. The van der Waals surface area contributed by atoms with Crippen LogP contribution in [0.25, 0.3) is 11.3 Å². The van der Waals surface area contributed by atoms with Crippen LogP contribution in [-0.2, 0) is 12.8 Å². The van der Waals surface area contributed by atoms with Gasteiger partial charge in [-0.25, -0.2) is 4.79 Å². The van der Waals surface area contributed by atoms with Gasteiger partial charge in [-0.2, -0.15) is 5.10 Å². The van der Waals surface area contributed by atoms with Crippen LogP contribution in [0.3, 0.4) is 0 Å². The summed E-state index contributed by atoms with van der Waals surface area (Å²) in [6, 6.07) is 7.74. The maximum absolute atomic E-state index is 11.8. The summed E-state index contributed by atoms with van der Waals surface area (Å²) in [5, 5.41) is 10.6. The van der Waals surface area contributed by atoms with Gasteiger partial charge < -0.3 is 10.2 Å². The minimum absolute atomic E-state index is 0.132. The van der Waals surface area contributed by atoms with Crippen molar-refractivity contribution < 1.29 is 4.79 Å². The van der Waals surface area contributed by atoms with Gasteiger partial charge in [-0.05, 0) is 36.8 Å². The van der Waals surface area contributed by atoms with Gasteiger partial charge >= 0.3 is 6.03 Å². The molecule has 0 bridgehead atoms. The summed E-state index contributed by atoms with van der Waals surface area (Å²) < 4.78 is 0. The van der Waals surface area contributed by atoms with E-state index in [0.29, 0.717) is 5.41 Å². The number of nitrogens with one attached hydrogen (secondary N) is 2. The molecular formula is C18H24N4O. The summed E-state index contributed by atoms with van der Waals surface area (Å²) in [5.74, 6) is 0. The first-order valence-electron chi connectivity index (χ1n) is 8.00. The van der Waals surface area contributed by atoms with E-state index in [1.807, 2.05) is 24.3 Å². The fraction of sp³-hybridized carbons (Fsp3) is 0.444. The van der Waals surface area contributed by atoms with E-state index in [1.54, 1.807) is 14.1 Å². The fourth-order valence-electron chi connectivity index (χ4n) is 3.07. The lowest BCUT2D eigenvalue weighted by Crippen LogP contribution is -2.27. The van der Waals surface area contributed by atoms with Crippen molar-refractivity contribution in [1.29, 1.82) is 0 Å². The number of rotatable bonds is 2. The van der Waals surface area contributed by atoms with Gasteiger partial charge in [-0.3, -0.25) is 5.10 Å². The summed E-state index contributed by atoms with van der Waals surface area (Å²) in [5.41, 5.74) is 5.74. The van der Waals surface area contributed by atoms with Crippen LogP contribution in [0.5, 0.6) is 0 Å². The van der Waals surface area contributed by atoms with Crippen molar-refractivity contribution in [3.05, 3.63) is 35.5 Å². The molecule has 0 saturated carbocycles. The van der Waals surface area contributed by atoms with Crippen molar-refractivity contribution in [1.82, 2.24) is 15.1 Å². The molecule has 3 rings (SSSR count). The Morgan fingerprint density at radius 3 is 2.87 bits per heavy atom. The van der Waals surface area contributed by atoms with Gasteiger partial charge in [0.2, 0.25) is 0 Å². The van der Waals surface area contributed by atoms with E-state index >= 15 is 0 Å². The molecule has 1 aliphatic rings. The van der Waals surface area contributed by atoms with Crippen molar-refractivity contribution in [2.45, 2.75) is 33.1 Å². The van der Waals surface area contributed by atoms with Crippen molar-refractivity contribution in [2.24, 2.45) is 5.41 Å². The molecule has 0 radical (unpaired) electrons. The van der Waals surface area contributed by atoms with Crippen molar-refractivity contribution >= 4 is 11.7 Å². The molecule has 0 aliphatic heterocycles. The molecule has 1 aromatic heterocycles. The molecule has 0 atom stereocenters. The molecule has 5 heteroatoms. The predicted molar refractivity (Wildman–Crippen MR) is 92.5 cm³/mol. The number of carbonyl (C=O) groups is 1. The Labute approximate surface area is 137 Å². The van der Waals surface area contributed by atoms with Crippen LogP contribution in [0.2, 0.25) is 0 Å². The van der Waals surface area contributed by atoms with Crippen molar-refractivity contribution in [3.63, 3.8) is 0 Å². The Bertz CT molecular complexity index is 730. The normalized spacial score (nSPS) is 15.8. The molecule has 23 heavy (non-hydrogen) atoms. The van der Waals surface area contributed by atoms with Gasteiger partial charge in [0.1, 0.15) is 0 Å². The third kappa shape index (κ3) is 3.23. The second-order valence-electron chi connectivity index (χ2n) is 7.28. The van der Waals surface area contributed by atoms with E-state index in [1.165, 1.54) is 22.6 Å². The number of hydrogen-bond acceptors (Lipinski definition) is 2. The topological polar surface area (TPSA) is 61.0 Å². The maximum Gasteiger partial charge on any atom is 0.321 e. The Hall–Kier alpha value is -2.30. The third-order valence-electron chi connectivity index (χ3n) is 4.45. The van der Waals surface area contributed by atoms with E-state index in [0.717, 1.165) is 29.8 Å². The van der Waals surface area contributed by atoms with Crippen LogP contribution in [0, 0.1) is 5.41 Å². The number of fused-ring (bicyclic) bond motifs is 1. The zero-order chi connectivity index (χ0) is 16.6. The van der Waals surface area contributed by atoms with Crippen LogP contribution in [0.1, 0.15) is 31.5 Å². The number of H-pyrrole nitrogens is 1. The summed E-state index contributed by atoms with van der Waals surface area (Å²) in [7, 11) is 3.45. The Morgan fingerprint density at radius 1 is 1.35 bits per heavy atom. The molecular weight excluding hydrogens is 288 g/mol. The molecule has 2 aromatic rings. The van der Waals surface area contributed by atoms with Gasteiger partial charge in [0.15, 0.2) is 0 Å². The molecule has 122 valence electrons. The van der Waals surface area contributed by atoms with Gasteiger partial charge in [-0.1, -0.05) is 26.0 Å². The number of amides is 2. The zero-order valence-electron chi connectivity index (χ0n) is 14.2. The monoisotopic (exact) mass is 312 g/mol. The number of nitrogens with zero attached hydrogens (tertiary/aromatic N) is 2. The molecule has 1 aromatic carbocycles. The highest BCUT2D eigenvalue weighted by molar-refractivity contribution is 5.89. The summed E-state index contributed by atoms with van der Waals surface area (Å²) >= 11 is 0. The Morgan fingerprint density at radius 2 is 2.13 bits per heavy atom. The number of aromatic amines is 1. The van der Waals surface area contributed by atoms with E-state index in [9.17, 15) is 4.79 Å². The highest BCUT2D eigenvalue weighted by Gasteiger charge is 2.29. The Kier molecular flexibility index (Phi) is 3.88. The minimum Gasteiger partial charge on any atom is -0.331 e. The lowest BCUT2D eigenvalue weighted by molar-refractivity contribution is 0.230. The maximum atomic E-state index is 11.8. The molecule has 0 saturated heterocycles. The SMILES string of the molecule is CN(C)C(=O)Nc1cccc(-c2n[nH]c3c2CCC(C)(C)C3)c1. The van der Waals surface area contributed by atoms with Gasteiger partial charge in [0.05, 0.1) is 5.69 Å². The van der Waals surface area contributed by atoms with Crippen molar-refractivity contribution in [3.8, 4) is 11.3 Å². The zero-order valence-corrected chi connectivity index (χ0v) is 14.2. The van der Waals surface area contributed by atoms with Crippen LogP contribution in [0.15, 0.2) is 24.3 Å². The highest BCUT2D eigenvalue weighted by Crippen LogP contribution is 2.38. The number of aromatic nitrogens is 2. The van der Waals surface area contributed by atoms with Crippen LogP contribution < -0.4 is 5.32 Å². The first kappa shape index (κ1) is 15.6. The van der Waals surface area contributed by atoms with Crippen LogP contribution >= 0.6 is 0 Å². The first-order chi connectivity index (χ1) is 10.9. The quantitative estimate of drug-likeness (QED) is 0.888. The molecule has 1 aliphatic carbocycles. The second-order valence-corrected chi connectivity index (χ2v) is 7.28. The van der Waals surface area contributed by atoms with Gasteiger partial charge in [0, 0.05) is 36.6 Å². The van der Waals surface area contributed by atoms with E-state index in [4.69, 9.17) is 0 Å². The van der Waals surface area contributed by atoms with E-state index in [-0.39, 0.29) is 6.03 Å². The molecule has 1 heterocycles. The van der Waals surface area contributed by atoms with E-state index in [2.05, 4.69) is 29.4 Å². The molecule has 0 fully saturated rings. The van der Waals surface area contributed by atoms with Gasteiger partial charge in [0.25, 0.3) is 0 Å². The van der Waals surface area contributed by atoms with Crippen LogP contribution in [-0.4, -0.2) is 35.2 Å². The molecule has 2 N–H and O–H groups in total. The first-order valence-corrected chi connectivity index (χ1v) is 8.00. The average molecular weight is 312 g/mol. The third-order valence-corrected chi connectivity index (χ3v) is 4.45. The largest absolute Gasteiger partial charge is 0.331 e. The minimum atomic E-state index is -0.132. The number of benzene rings is 1. The molecule has 0 spiro atoms. The molecule has 0 unspecified atom stereocenters. The van der Waals surface area contributed by atoms with Crippen molar-refractivity contribution in [2.75, 3.05) is 19.4 Å². The predicted octanol–water partition coefficient (Wildman–Crippen LogP) is 3.69. The molecule has 5 nitrogen and oxygen atoms in total. The number of hydrogen-bond donors (Lipinski definition) is 2. The number of carbonyl (C=O) groups excluding carboxylic acids is 1. The molecule has 2 amide bonds. The van der Waals surface area contributed by atoms with Crippen LogP contribution in [0.4, 0.5) is 10.5 Å². The number of anilines is 1. The lowest BCUT2D eigenvalue weighted by Gasteiger charge is -2.29. The number of urea groups is 1. The van der Waals surface area contributed by atoms with E-state index < -0.39 is 0 Å². The van der Waals surface area contributed by atoms with Gasteiger partial charge in [-0.15, -0.1) is 0 Å². The summed E-state index contributed by atoms with van der Waals surface area (Å²) in [4.78, 5) is 13.3. The standard InChI is InChI=1S/C18H24N4O/c1-18(2)9-8-14-15(11-18)20-21-16(14)12-6-5-7-13(10-12)19-17(23)22(3)4/h5-7,10H,8-9,11H2,1-4H3,(H,19,23)(H,20,21). The highest BCUT2D eigenvalue weighted by atomic mass is 16.2.